The van der Waals surface area contributed by atoms with E-state index in [-0.39, 0.29) is 37.0 Å². The first-order chi connectivity index (χ1) is 19.7. The Morgan fingerprint density at radius 1 is 1.24 bits per heavy atom. The van der Waals surface area contributed by atoms with Crippen LogP contribution < -0.4 is 10.2 Å². The molecule has 220 valence electrons. The zero-order chi connectivity index (χ0) is 29.0. The summed E-state index contributed by atoms with van der Waals surface area (Å²) in [4.78, 5) is 34.1. The quantitative estimate of drug-likeness (QED) is 0.305. The number of alkyl halides is 2. The number of halogens is 3. The first kappa shape index (κ1) is 29.6. The van der Waals surface area contributed by atoms with E-state index in [0.29, 0.717) is 36.1 Å². The molecule has 8 nitrogen and oxygen atoms in total. The fraction of sp³-hybridized carbons (Fsp3) is 0.517. The number of likely N-dealkylation sites (tertiary alicyclic amines) is 1. The van der Waals surface area contributed by atoms with Gasteiger partial charge in [0, 0.05) is 54.6 Å². The van der Waals surface area contributed by atoms with E-state index in [1.54, 1.807) is 29.6 Å². The van der Waals surface area contributed by atoms with Crippen LogP contribution >= 0.6 is 22.9 Å². The molecule has 1 aliphatic carbocycles. The fourth-order valence-electron chi connectivity index (χ4n) is 5.70. The van der Waals surface area contributed by atoms with Crippen LogP contribution in [-0.2, 0) is 4.79 Å². The summed E-state index contributed by atoms with van der Waals surface area (Å²) >= 11 is 7.87. The van der Waals surface area contributed by atoms with Gasteiger partial charge < -0.3 is 5.32 Å². The molecular formula is C29H35ClF2N6O2S. The molecule has 0 spiro atoms. The second-order valence-electron chi connectivity index (χ2n) is 10.9. The molecule has 1 saturated carbocycles. The summed E-state index contributed by atoms with van der Waals surface area (Å²) in [7, 11) is 1.64. The van der Waals surface area contributed by atoms with Crippen molar-refractivity contribution in [3.63, 3.8) is 0 Å². The summed E-state index contributed by atoms with van der Waals surface area (Å²) in [5, 5.41) is 10.6. The molecule has 2 aliphatic rings. The maximum Gasteiger partial charge on any atom is 0.272 e. The Balaban J connectivity index is 1.35. The van der Waals surface area contributed by atoms with Gasteiger partial charge in [0.25, 0.3) is 11.8 Å². The lowest BCUT2D eigenvalue weighted by molar-refractivity contribution is -0.118. The van der Waals surface area contributed by atoms with E-state index >= 15 is 0 Å². The third-order valence-electron chi connectivity index (χ3n) is 7.89. The molecule has 1 aliphatic heterocycles. The van der Waals surface area contributed by atoms with Crippen molar-refractivity contribution in [2.24, 2.45) is 0 Å². The molecule has 1 aromatic carbocycles. The van der Waals surface area contributed by atoms with Crippen molar-refractivity contribution in [3.05, 3.63) is 52.6 Å². The van der Waals surface area contributed by atoms with Crippen LogP contribution in [0.5, 0.6) is 0 Å². The first-order valence-electron chi connectivity index (χ1n) is 14.1. The second-order valence-corrected chi connectivity index (χ2v) is 12.2. The average Bonchev–Trinajstić information content (AvgIpc) is 3.73. The van der Waals surface area contributed by atoms with Gasteiger partial charge in [0.2, 0.25) is 5.91 Å². The number of piperidine rings is 1. The Morgan fingerprint density at radius 2 is 2.02 bits per heavy atom. The number of carbonyl (C=O) groups excluding carboxylic acids is 2. The lowest BCUT2D eigenvalue weighted by Crippen LogP contribution is -2.46. The molecule has 41 heavy (non-hydrogen) atoms. The number of amides is 2. The van der Waals surface area contributed by atoms with Crippen molar-refractivity contribution in [2.45, 2.75) is 69.4 Å². The van der Waals surface area contributed by atoms with Gasteiger partial charge in [-0.3, -0.25) is 24.1 Å². The Morgan fingerprint density at radius 3 is 2.73 bits per heavy atom. The van der Waals surface area contributed by atoms with Gasteiger partial charge in [0.1, 0.15) is 0 Å². The Labute approximate surface area is 247 Å². The largest absolute Gasteiger partial charge is 0.347 e. The topological polar surface area (TPSA) is 83.4 Å². The van der Waals surface area contributed by atoms with Gasteiger partial charge in [-0.2, -0.15) is 5.10 Å². The van der Waals surface area contributed by atoms with E-state index in [4.69, 9.17) is 16.7 Å². The summed E-state index contributed by atoms with van der Waals surface area (Å²) in [5.74, 6) is -3.35. The number of nitrogens with one attached hydrogen (secondary N) is 1. The first-order valence-corrected chi connectivity index (χ1v) is 15.4. The second kappa shape index (κ2) is 13.0. The monoisotopic (exact) mass is 604 g/mol. The number of carbonyl (C=O) groups is 2. The van der Waals surface area contributed by atoms with Crippen LogP contribution in [0.15, 0.2) is 41.9 Å². The number of thiazole rings is 1. The van der Waals surface area contributed by atoms with E-state index in [0.717, 1.165) is 36.9 Å². The number of anilines is 1. The SMILES string of the molecule is CN(C(=O)C[C@H](CCN1CCCC(F)(F)C1)NC(=O)c1cc(-c2ccccc2Cl)n(C2CCCC2)n1)c1nccs1. The van der Waals surface area contributed by atoms with Gasteiger partial charge in [0.05, 0.1) is 18.3 Å². The Hall–Kier alpha value is -2.89. The molecule has 2 aromatic heterocycles. The smallest absolute Gasteiger partial charge is 0.272 e. The van der Waals surface area contributed by atoms with Crippen molar-refractivity contribution in [1.82, 2.24) is 25.0 Å². The van der Waals surface area contributed by atoms with Crippen molar-refractivity contribution in [3.8, 4) is 11.3 Å². The molecule has 0 radical (unpaired) electrons. The predicted octanol–water partition coefficient (Wildman–Crippen LogP) is 6.05. The number of aromatic nitrogens is 3. The van der Waals surface area contributed by atoms with Crippen molar-refractivity contribution >= 4 is 39.9 Å². The molecule has 1 saturated heterocycles. The van der Waals surface area contributed by atoms with Crippen LogP contribution in [0.25, 0.3) is 11.3 Å². The van der Waals surface area contributed by atoms with E-state index in [1.165, 1.54) is 16.2 Å². The van der Waals surface area contributed by atoms with Crippen LogP contribution in [0.3, 0.4) is 0 Å². The molecule has 3 aromatic rings. The average molecular weight is 605 g/mol. The standard InChI is InChI=1S/C29H35ClF2N6O2S/c1-36(28-33-13-16-41-28)26(39)17-20(11-15-37-14-6-12-29(31,32)19-37)34-27(40)24-18-25(22-9-4-5-10-23(22)30)38(35-24)21-7-2-3-8-21/h4-5,9-10,13,16,18,20-21H,2-3,6-8,11-12,14-15,17,19H2,1H3,(H,34,40)/t20-/m0/s1. The van der Waals surface area contributed by atoms with Crippen LogP contribution in [0.2, 0.25) is 5.02 Å². The summed E-state index contributed by atoms with van der Waals surface area (Å²) in [6.07, 6.45) is 6.42. The minimum Gasteiger partial charge on any atom is -0.347 e. The summed E-state index contributed by atoms with van der Waals surface area (Å²) < 4.78 is 30.0. The highest BCUT2D eigenvalue weighted by molar-refractivity contribution is 7.13. The van der Waals surface area contributed by atoms with Crippen LogP contribution in [-0.4, -0.2) is 70.1 Å². The van der Waals surface area contributed by atoms with Crippen molar-refractivity contribution in [1.29, 1.82) is 0 Å². The zero-order valence-corrected chi connectivity index (χ0v) is 24.6. The Bertz CT molecular complexity index is 1340. The summed E-state index contributed by atoms with van der Waals surface area (Å²) in [5.41, 5.74) is 1.82. The highest BCUT2D eigenvalue weighted by Crippen LogP contribution is 2.36. The van der Waals surface area contributed by atoms with Crippen molar-refractivity contribution in [2.75, 3.05) is 31.6 Å². The molecule has 1 atom stereocenters. The van der Waals surface area contributed by atoms with Gasteiger partial charge in [-0.1, -0.05) is 42.6 Å². The van der Waals surface area contributed by atoms with Crippen molar-refractivity contribution < 1.29 is 18.4 Å². The number of benzene rings is 1. The third kappa shape index (κ3) is 7.31. The highest BCUT2D eigenvalue weighted by Gasteiger charge is 2.35. The number of hydrogen-bond acceptors (Lipinski definition) is 6. The van der Waals surface area contributed by atoms with E-state index in [1.807, 2.05) is 28.9 Å². The highest BCUT2D eigenvalue weighted by atomic mass is 35.5. The minimum absolute atomic E-state index is 0.00670. The molecule has 5 rings (SSSR count). The molecule has 0 bridgehead atoms. The predicted molar refractivity (Wildman–Crippen MR) is 157 cm³/mol. The lowest BCUT2D eigenvalue weighted by atomic mass is 10.0. The van der Waals surface area contributed by atoms with Crippen LogP contribution in [0.1, 0.15) is 67.9 Å². The molecule has 1 N–H and O–H groups in total. The Kier molecular flexibility index (Phi) is 9.35. The maximum absolute atomic E-state index is 14.0. The van der Waals surface area contributed by atoms with Gasteiger partial charge in [-0.15, -0.1) is 11.3 Å². The normalized spacial score (nSPS) is 18.3. The van der Waals surface area contributed by atoms with Gasteiger partial charge in [-0.05, 0) is 44.4 Å². The molecular weight excluding hydrogens is 570 g/mol. The minimum atomic E-state index is -2.72. The van der Waals surface area contributed by atoms with Gasteiger partial charge >= 0.3 is 0 Å². The lowest BCUT2D eigenvalue weighted by Gasteiger charge is -2.33. The fourth-order valence-corrected chi connectivity index (χ4v) is 6.56. The number of hydrogen-bond donors (Lipinski definition) is 1. The van der Waals surface area contributed by atoms with Crippen LogP contribution in [0, 0.1) is 0 Å². The summed E-state index contributed by atoms with van der Waals surface area (Å²) in [6, 6.07) is 8.84. The molecule has 2 amide bonds. The molecule has 2 fully saturated rings. The summed E-state index contributed by atoms with van der Waals surface area (Å²) in [6.45, 7) is 0.597. The van der Waals surface area contributed by atoms with Crippen LogP contribution in [0.4, 0.5) is 13.9 Å². The molecule has 3 heterocycles. The van der Waals surface area contributed by atoms with Gasteiger partial charge in [0.15, 0.2) is 10.8 Å². The maximum atomic E-state index is 14.0. The van der Waals surface area contributed by atoms with E-state index < -0.39 is 17.9 Å². The van der Waals surface area contributed by atoms with E-state index in [9.17, 15) is 18.4 Å². The molecule has 12 heteroatoms. The zero-order valence-electron chi connectivity index (χ0n) is 23.1. The van der Waals surface area contributed by atoms with E-state index in [2.05, 4.69) is 10.3 Å². The number of rotatable bonds is 10. The number of nitrogens with zero attached hydrogens (tertiary/aromatic N) is 5. The van der Waals surface area contributed by atoms with Gasteiger partial charge in [-0.25, -0.2) is 13.8 Å². The molecule has 0 unspecified atom stereocenters. The third-order valence-corrected chi connectivity index (χ3v) is 9.07.